The minimum Gasteiger partial charge on any atom is -0.494 e. The van der Waals surface area contributed by atoms with Gasteiger partial charge in [-0.05, 0) is 18.9 Å². The van der Waals surface area contributed by atoms with E-state index in [-0.39, 0.29) is 23.6 Å². The number of rotatable bonds is 2. The van der Waals surface area contributed by atoms with E-state index in [1.54, 1.807) is 24.3 Å². The Hall–Kier alpha value is -2.34. The summed E-state index contributed by atoms with van der Waals surface area (Å²) in [6, 6.07) is 8.51. The molecule has 2 heterocycles. The zero-order valence-electron chi connectivity index (χ0n) is 11.6. The first kappa shape index (κ1) is 13.6. The summed E-state index contributed by atoms with van der Waals surface area (Å²) < 4.78 is 6.67. The molecule has 2 N–H and O–H groups in total. The summed E-state index contributed by atoms with van der Waals surface area (Å²) in [5.74, 6) is -0.308. The summed E-state index contributed by atoms with van der Waals surface area (Å²) in [4.78, 5) is 26.4. The van der Waals surface area contributed by atoms with Crippen molar-refractivity contribution in [3.05, 3.63) is 51.2 Å². The molecular weight excluding hydrogens is 272 g/mol. The lowest BCUT2D eigenvalue weighted by atomic mass is 10.1. The van der Waals surface area contributed by atoms with E-state index >= 15 is 0 Å². The number of hydrogen-bond donors (Lipinski definition) is 2. The van der Waals surface area contributed by atoms with Crippen LogP contribution in [0.4, 0.5) is 0 Å². The Kier molecular flexibility index (Phi) is 3.39. The molecule has 0 amide bonds. The van der Waals surface area contributed by atoms with Gasteiger partial charge in [0.05, 0.1) is 12.1 Å². The van der Waals surface area contributed by atoms with Gasteiger partial charge in [-0.2, -0.15) is 0 Å². The van der Waals surface area contributed by atoms with E-state index in [0.717, 1.165) is 0 Å². The Morgan fingerprint density at radius 1 is 1.29 bits per heavy atom. The normalized spacial score (nSPS) is 21.6. The number of ether oxygens (including phenoxy) is 1. The van der Waals surface area contributed by atoms with E-state index in [2.05, 4.69) is 4.98 Å². The third-order valence-corrected chi connectivity index (χ3v) is 3.85. The number of benzene rings is 1. The summed E-state index contributed by atoms with van der Waals surface area (Å²) in [5, 5.41) is 10.5. The van der Waals surface area contributed by atoms with Crippen molar-refractivity contribution in [2.75, 3.05) is 6.61 Å². The number of nitrogens with zero attached hydrogens (tertiary/aromatic N) is 1. The molecule has 110 valence electrons. The van der Waals surface area contributed by atoms with E-state index in [1.165, 1.54) is 4.57 Å². The van der Waals surface area contributed by atoms with E-state index in [1.807, 2.05) is 13.0 Å². The van der Waals surface area contributed by atoms with Gasteiger partial charge in [-0.1, -0.05) is 30.3 Å². The molecule has 1 aromatic heterocycles. The molecule has 1 aromatic carbocycles. The quantitative estimate of drug-likeness (QED) is 0.871. The summed E-state index contributed by atoms with van der Waals surface area (Å²) in [7, 11) is 0. The highest BCUT2D eigenvalue weighted by molar-refractivity contribution is 5.67. The highest BCUT2D eigenvalue weighted by Crippen LogP contribution is 2.31. The lowest BCUT2D eigenvalue weighted by Crippen LogP contribution is -2.35. The van der Waals surface area contributed by atoms with Crippen molar-refractivity contribution in [2.24, 2.45) is 0 Å². The van der Waals surface area contributed by atoms with Crippen LogP contribution in [-0.4, -0.2) is 27.4 Å². The van der Waals surface area contributed by atoms with Crippen LogP contribution >= 0.6 is 0 Å². The molecule has 1 fully saturated rings. The fraction of sp³-hybridized carbons (Fsp3) is 0.333. The zero-order valence-corrected chi connectivity index (χ0v) is 11.6. The second-order valence-electron chi connectivity index (χ2n) is 5.13. The van der Waals surface area contributed by atoms with Crippen LogP contribution in [-0.2, 0) is 4.74 Å². The van der Waals surface area contributed by atoms with Crippen molar-refractivity contribution in [2.45, 2.75) is 25.5 Å². The summed E-state index contributed by atoms with van der Waals surface area (Å²) in [5.41, 5.74) is -0.531. The maximum Gasteiger partial charge on any atom is 0.331 e. The molecule has 1 aliphatic heterocycles. The average molecular weight is 288 g/mol. The fourth-order valence-corrected chi connectivity index (χ4v) is 2.77. The van der Waals surface area contributed by atoms with Crippen molar-refractivity contribution in [1.29, 1.82) is 0 Å². The third-order valence-electron chi connectivity index (χ3n) is 3.85. The van der Waals surface area contributed by atoms with Crippen LogP contribution in [0.2, 0.25) is 0 Å². The predicted octanol–water partition coefficient (Wildman–Crippen LogP) is 1.26. The Labute approximate surface area is 120 Å². The molecule has 2 unspecified atom stereocenters. The summed E-state index contributed by atoms with van der Waals surface area (Å²) in [6.07, 6.45) is 0.428. The monoisotopic (exact) mass is 288 g/mol. The van der Waals surface area contributed by atoms with Crippen LogP contribution in [0.15, 0.2) is 39.9 Å². The second-order valence-corrected chi connectivity index (χ2v) is 5.13. The Morgan fingerprint density at radius 2 is 2.00 bits per heavy atom. The smallest absolute Gasteiger partial charge is 0.331 e. The van der Waals surface area contributed by atoms with Crippen LogP contribution in [0.25, 0.3) is 11.1 Å². The highest BCUT2D eigenvalue weighted by Gasteiger charge is 2.30. The SMILES string of the molecule is CC1OCCC1n1c(O)c(-c2ccccc2)c(=O)[nH]c1=O. The number of aromatic amines is 1. The van der Waals surface area contributed by atoms with Crippen molar-refractivity contribution in [1.82, 2.24) is 9.55 Å². The van der Waals surface area contributed by atoms with Crippen molar-refractivity contribution in [3.8, 4) is 17.0 Å². The highest BCUT2D eigenvalue weighted by atomic mass is 16.5. The lowest BCUT2D eigenvalue weighted by molar-refractivity contribution is 0.104. The largest absolute Gasteiger partial charge is 0.494 e. The molecule has 0 saturated carbocycles. The van der Waals surface area contributed by atoms with Crippen LogP contribution < -0.4 is 11.2 Å². The molecular formula is C15H16N2O4. The maximum absolute atomic E-state index is 12.1. The lowest BCUT2D eigenvalue weighted by Gasteiger charge is -2.19. The maximum atomic E-state index is 12.1. The fourth-order valence-electron chi connectivity index (χ4n) is 2.77. The van der Waals surface area contributed by atoms with Gasteiger partial charge in [-0.3, -0.25) is 14.3 Å². The van der Waals surface area contributed by atoms with E-state index < -0.39 is 11.2 Å². The van der Waals surface area contributed by atoms with E-state index in [0.29, 0.717) is 18.6 Å². The van der Waals surface area contributed by atoms with Crippen LogP contribution in [0, 0.1) is 0 Å². The van der Waals surface area contributed by atoms with Gasteiger partial charge in [0.1, 0.15) is 5.56 Å². The molecule has 21 heavy (non-hydrogen) atoms. The van der Waals surface area contributed by atoms with Gasteiger partial charge in [0, 0.05) is 6.61 Å². The van der Waals surface area contributed by atoms with E-state index in [9.17, 15) is 14.7 Å². The second kappa shape index (κ2) is 5.21. The standard InChI is InChI=1S/C15H16N2O4/c1-9-11(7-8-21-9)17-14(19)12(13(18)16-15(17)20)10-5-3-2-4-6-10/h2-6,9,11,19H,7-8H2,1H3,(H,16,18,20). The first-order chi connectivity index (χ1) is 10.1. The van der Waals surface area contributed by atoms with Gasteiger partial charge in [-0.25, -0.2) is 4.79 Å². The molecule has 3 rings (SSSR count). The molecule has 0 aliphatic carbocycles. The Balaban J connectivity index is 2.23. The summed E-state index contributed by atoms with van der Waals surface area (Å²) >= 11 is 0. The molecule has 6 heteroatoms. The van der Waals surface area contributed by atoms with E-state index in [4.69, 9.17) is 4.74 Å². The minimum atomic E-state index is -0.612. The molecule has 0 bridgehead atoms. The van der Waals surface area contributed by atoms with Crippen molar-refractivity contribution < 1.29 is 9.84 Å². The summed E-state index contributed by atoms with van der Waals surface area (Å²) in [6.45, 7) is 2.37. The molecule has 0 radical (unpaired) electrons. The van der Waals surface area contributed by atoms with Gasteiger partial charge in [0.2, 0.25) is 5.88 Å². The van der Waals surface area contributed by atoms with Crippen molar-refractivity contribution in [3.63, 3.8) is 0 Å². The molecule has 2 atom stereocenters. The molecule has 2 aromatic rings. The van der Waals surface area contributed by atoms with Gasteiger partial charge in [0.15, 0.2) is 0 Å². The first-order valence-electron chi connectivity index (χ1n) is 6.84. The number of H-pyrrole nitrogens is 1. The van der Waals surface area contributed by atoms with Crippen LogP contribution in [0.3, 0.4) is 0 Å². The average Bonchev–Trinajstić information content (AvgIpc) is 2.86. The number of hydrogen-bond acceptors (Lipinski definition) is 4. The van der Waals surface area contributed by atoms with Crippen LogP contribution in [0.5, 0.6) is 5.88 Å². The van der Waals surface area contributed by atoms with Crippen LogP contribution in [0.1, 0.15) is 19.4 Å². The van der Waals surface area contributed by atoms with Gasteiger partial charge in [0.25, 0.3) is 5.56 Å². The minimum absolute atomic E-state index is 0.106. The van der Waals surface area contributed by atoms with Crippen molar-refractivity contribution >= 4 is 0 Å². The Morgan fingerprint density at radius 3 is 2.62 bits per heavy atom. The Bertz CT molecular complexity index is 763. The van der Waals surface area contributed by atoms with Gasteiger partial charge < -0.3 is 9.84 Å². The molecule has 0 spiro atoms. The van der Waals surface area contributed by atoms with Gasteiger partial charge >= 0.3 is 5.69 Å². The number of nitrogens with one attached hydrogen (secondary N) is 1. The number of aromatic hydroxyl groups is 1. The number of aromatic nitrogens is 2. The molecule has 1 saturated heterocycles. The predicted molar refractivity (Wildman–Crippen MR) is 77.5 cm³/mol. The first-order valence-corrected chi connectivity index (χ1v) is 6.84. The topological polar surface area (TPSA) is 84.3 Å². The van der Waals surface area contributed by atoms with Gasteiger partial charge in [-0.15, -0.1) is 0 Å². The molecule has 6 nitrogen and oxygen atoms in total. The molecule has 1 aliphatic rings. The third kappa shape index (κ3) is 2.27. The zero-order chi connectivity index (χ0) is 15.0.